The van der Waals surface area contributed by atoms with Gasteiger partial charge in [0.2, 0.25) is 0 Å². The van der Waals surface area contributed by atoms with Crippen molar-refractivity contribution in [2.45, 2.75) is 19.4 Å². The summed E-state index contributed by atoms with van der Waals surface area (Å²) < 4.78 is 1.03. The van der Waals surface area contributed by atoms with Crippen LogP contribution in [0.4, 0.5) is 4.79 Å². The molecule has 21 heavy (non-hydrogen) atoms. The molecule has 1 heterocycles. The zero-order chi connectivity index (χ0) is 15.1. The minimum atomic E-state index is -0.158. The molecule has 0 saturated carbocycles. The van der Waals surface area contributed by atoms with Crippen molar-refractivity contribution in [1.82, 2.24) is 15.6 Å². The van der Waals surface area contributed by atoms with Gasteiger partial charge in [0.15, 0.2) is 0 Å². The summed E-state index contributed by atoms with van der Waals surface area (Å²) in [7, 11) is 0. The Hall–Kier alpha value is -1.88. The van der Waals surface area contributed by atoms with Crippen molar-refractivity contribution in [3.05, 3.63) is 64.4 Å². The summed E-state index contributed by atoms with van der Waals surface area (Å²) in [5.41, 5.74) is 2.18. The third-order valence-corrected chi connectivity index (χ3v) is 3.67. The smallest absolute Gasteiger partial charge is 0.315 e. The number of rotatable bonds is 5. The number of aromatic nitrogens is 1. The summed E-state index contributed by atoms with van der Waals surface area (Å²) in [5, 5.41) is 5.78. The normalized spacial score (nSPS) is 11.7. The number of amides is 2. The zero-order valence-electron chi connectivity index (χ0n) is 11.8. The molecule has 0 bridgehead atoms. The number of carbonyl (C=O) groups excluding carboxylic acids is 1. The van der Waals surface area contributed by atoms with Crippen molar-refractivity contribution in [1.29, 1.82) is 0 Å². The molecule has 2 amide bonds. The minimum Gasteiger partial charge on any atom is -0.338 e. The lowest BCUT2D eigenvalue weighted by Gasteiger charge is -2.15. The first-order valence-corrected chi connectivity index (χ1v) is 7.63. The van der Waals surface area contributed by atoms with E-state index in [0.717, 1.165) is 22.0 Å². The van der Waals surface area contributed by atoms with Crippen LogP contribution in [0.3, 0.4) is 0 Å². The fraction of sp³-hybridized carbons (Fsp3) is 0.250. The molecule has 2 N–H and O–H groups in total. The largest absolute Gasteiger partial charge is 0.338 e. The maximum absolute atomic E-state index is 11.8. The lowest BCUT2D eigenvalue weighted by atomic mass is 10.1. The maximum atomic E-state index is 11.8. The van der Waals surface area contributed by atoms with E-state index in [0.29, 0.717) is 6.54 Å². The fourth-order valence-corrected chi connectivity index (χ4v) is 2.21. The van der Waals surface area contributed by atoms with Crippen molar-refractivity contribution in [2.24, 2.45) is 0 Å². The predicted molar refractivity (Wildman–Crippen MR) is 87.0 cm³/mol. The van der Waals surface area contributed by atoms with E-state index in [1.165, 1.54) is 0 Å². The number of nitrogens with one attached hydrogen (secondary N) is 2. The molecule has 0 fully saturated rings. The zero-order valence-corrected chi connectivity index (χ0v) is 13.4. The molecule has 2 aromatic rings. The summed E-state index contributed by atoms with van der Waals surface area (Å²) in [5.74, 6) is 0. The van der Waals surface area contributed by atoms with Crippen LogP contribution in [-0.2, 0) is 6.42 Å². The Morgan fingerprint density at radius 3 is 2.71 bits per heavy atom. The molecule has 110 valence electrons. The highest BCUT2D eigenvalue weighted by atomic mass is 79.9. The summed E-state index contributed by atoms with van der Waals surface area (Å²) in [6, 6.07) is 11.6. The maximum Gasteiger partial charge on any atom is 0.315 e. The molecule has 0 aliphatic heterocycles. The Morgan fingerprint density at radius 1 is 1.29 bits per heavy atom. The van der Waals surface area contributed by atoms with Gasteiger partial charge < -0.3 is 10.6 Å². The van der Waals surface area contributed by atoms with E-state index in [2.05, 4.69) is 31.5 Å². The van der Waals surface area contributed by atoms with Crippen LogP contribution in [0.1, 0.15) is 24.1 Å². The predicted octanol–water partition coefficient (Wildman–Crippen LogP) is 3.45. The van der Waals surface area contributed by atoms with Gasteiger partial charge in [-0.3, -0.25) is 4.98 Å². The van der Waals surface area contributed by atoms with Crippen LogP contribution in [0.25, 0.3) is 0 Å². The number of hydrogen-bond acceptors (Lipinski definition) is 2. The van der Waals surface area contributed by atoms with Gasteiger partial charge in [-0.2, -0.15) is 0 Å². The average molecular weight is 348 g/mol. The van der Waals surface area contributed by atoms with Crippen LogP contribution in [0.5, 0.6) is 0 Å². The van der Waals surface area contributed by atoms with Gasteiger partial charge >= 0.3 is 6.03 Å². The van der Waals surface area contributed by atoms with E-state index in [-0.39, 0.29) is 12.1 Å². The molecule has 5 heteroatoms. The molecule has 4 nitrogen and oxygen atoms in total. The molecular weight excluding hydrogens is 330 g/mol. The molecule has 0 unspecified atom stereocenters. The van der Waals surface area contributed by atoms with Gasteiger partial charge in [0, 0.05) is 23.4 Å². The molecule has 0 radical (unpaired) electrons. The molecule has 0 aliphatic rings. The first-order valence-electron chi connectivity index (χ1n) is 6.84. The topological polar surface area (TPSA) is 54.0 Å². The fourth-order valence-electron chi connectivity index (χ4n) is 1.95. The second-order valence-electron chi connectivity index (χ2n) is 4.78. The quantitative estimate of drug-likeness (QED) is 0.870. The third kappa shape index (κ3) is 5.19. The van der Waals surface area contributed by atoms with Gasteiger partial charge in [0.25, 0.3) is 0 Å². The summed E-state index contributed by atoms with van der Waals surface area (Å²) in [4.78, 5) is 15.9. The molecule has 0 aliphatic carbocycles. The molecule has 0 spiro atoms. The molecule has 1 aromatic heterocycles. The van der Waals surface area contributed by atoms with Crippen LogP contribution in [0, 0.1) is 0 Å². The standard InChI is InChI=1S/C16H18BrN3O/c1-12(14-4-6-15(17)7-5-14)20-16(21)19-10-8-13-3-2-9-18-11-13/h2-7,9,11-12H,8,10H2,1H3,(H2,19,20,21)/t12-/m1/s1. The number of hydrogen-bond donors (Lipinski definition) is 2. The minimum absolute atomic E-state index is 0.0310. The van der Waals surface area contributed by atoms with Gasteiger partial charge in [-0.25, -0.2) is 4.79 Å². The molecule has 2 rings (SSSR count). The van der Waals surface area contributed by atoms with Crippen molar-refractivity contribution < 1.29 is 4.79 Å². The van der Waals surface area contributed by atoms with Crippen LogP contribution in [0.15, 0.2) is 53.3 Å². The Bertz CT molecular complexity index is 572. The highest BCUT2D eigenvalue weighted by Crippen LogP contribution is 2.16. The van der Waals surface area contributed by atoms with Crippen LogP contribution < -0.4 is 10.6 Å². The highest BCUT2D eigenvalue weighted by molar-refractivity contribution is 9.10. The second kappa shape index (κ2) is 7.78. The summed E-state index contributed by atoms with van der Waals surface area (Å²) >= 11 is 3.40. The van der Waals surface area contributed by atoms with E-state index >= 15 is 0 Å². The first kappa shape index (κ1) is 15.5. The lowest BCUT2D eigenvalue weighted by Crippen LogP contribution is -2.38. The van der Waals surface area contributed by atoms with Crippen LogP contribution in [0.2, 0.25) is 0 Å². The Kier molecular flexibility index (Phi) is 5.75. The monoisotopic (exact) mass is 347 g/mol. The third-order valence-electron chi connectivity index (χ3n) is 3.14. The van der Waals surface area contributed by atoms with E-state index < -0.39 is 0 Å². The average Bonchev–Trinajstić information content (AvgIpc) is 2.49. The van der Waals surface area contributed by atoms with E-state index in [9.17, 15) is 4.79 Å². The second-order valence-corrected chi connectivity index (χ2v) is 5.70. The number of carbonyl (C=O) groups is 1. The molecular formula is C16H18BrN3O. The number of nitrogens with zero attached hydrogens (tertiary/aromatic N) is 1. The lowest BCUT2D eigenvalue weighted by molar-refractivity contribution is 0.238. The van der Waals surface area contributed by atoms with Crippen LogP contribution >= 0.6 is 15.9 Å². The SMILES string of the molecule is C[C@@H](NC(=O)NCCc1cccnc1)c1ccc(Br)cc1. The summed E-state index contributed by atoms with van der Waals surface area (Å²) in [6.07, 6.45) is 4.32. The molecule has 0 saturated heterocycles. The number of urea groups is 1. The summed E-state index contributed by atoms with van der Waals surface area (Å²) in [6.45, 7) is 2.55. The molecule has 1 atom stereocenters. The highest BCUT2D eigenvalue weighted by Gasteiger charge is 2.08. The van der Waals surface area contributed by atoms with Gasteiger partial charge in [0.1, 0.15) is 0 Å². The van der Waals surface area contributed by atoms with E-state index in [1.807, 2.05) is 49.5 Å². The number of halogens is 1. The van der Waals surface area contributed by atoms with Crippen molar-refractivity contribution in [2.75, 3.05) is 6.54 Å². The van der Waals surface area contributed by atoms with Gasteiger partial charge in [-0.15, -0.1) is 0 Å². The Morgan fingerprint density at radius 2 is 2.05 bits per heavy atom. The number of benzene rings is 1. The van der Waals surface area contributed by atoms with Crippen LogP contribution in [-0.4, -0.2) is 17.6 Å². The van der Waals surface area contributed by atoms with E-state index in [1.54, 1.807) is 6.20 Å². The van der Waals surface area contributed by atoms with Crippen molar-refractivity contribution in [3.8, 4) is 0 Å². The van der Waals surface area contributed by atoms with Crippen molar-refractivity contribution >= 4 is 22.0 Å². The van der Waals surface area contributed by atoms with Gasteiger partial charge in [-0.05, 0) is 42.7 Å². The van der Waals surface area contributed by atoms with E-state index in [4.69, 9.17) is 0 Å². The van der Waals surface area contributed by atoms with Gasteiger partial charge in [-0.1, -0.05) is 34.1 Å². The Balaban J connectivity index is 1.75. The Labute approximate surface area is 133 Å². The first-order chi connectivity index (χ1) is 10.1. The van der Waals surface area contributed by atoms with Gasteiger partial charge in [0.05, 0.1) is 6.04 Å². The molecule has 1 aromatic carbocycles. The number of pyridine rings is 1. The van der Waals surface area contributed by atoms with Crippen molar-refractivity contribution in [3.63, 3.8) is 0 Å².